The van der Waals surface area contributed by atoms with E-state index in [0.29, 0.717) is 0 Å². The third kappa shape index (κ3) is 4.00. The smallest absolute Gasteiger partial charge is 0.246 e. The molecule has 20 heavy (non-hydrogen) atoms. The molecule has 1 aromatic carbocycles. The Morgan fingerprint density at radius 1 is 1.15 bits per heavy atom. The Morgan fingerprint density at radius 3 is 2.10 bits per heavy atom. The van der Waals surface area contributed by atoms with E-state index in [2.05, 4.69) is 0 Å². The molecule has 0 aliphatic heterocycles. The molecule has 0 saturated heterocycles. The standard InChI is InChI=1S/C10H11F4NO3S2/c1-19(16)4-2-3-15-20(17,18)10-8(13)6(11)5-7(12)9(10)14/h5,15H,2-4H2,1H3/t19-/m0/s1. The number of rotatable bonds is 6. The first kappa shape index (κ1) is 17.1. The summed E-state index contributed by atoms with van der Waals surface area (Å²) in [5.74, 6) is -7.42. The van der Waals surface area contributed by atoms with E-state index in [1.54, 1.807) is 4.72 Å². The molecule has 1 rings (SSSR count). The molecular weight excluding hydrogens is 322 g/mol. The lowest BCUT2D eigenvalue weighted by molar-refractivity contribution is 0.418. The molecule has 0 aliphatic carbocycles. The molecule has 0 aromatic heterocycles. The molecule has 1 atom stereocenters. The zero-order valence-electron chi connectivity index (χ0n) is 10.3. The van der Waals surface area contributed by atoms with Crippen LogP contribution < -0.4 is 4.72 Å². The van der Waals surface area contributed by atoms with Crippen LogP contribution in [0.2, 0.25) is 0 Å². The number of benzene rings is 1. The van der Waals surface area contributed by atoms with Gasteiger partial charge < -0.3 is 0 Å². The van der Waals surface area contributed by atoms with Crippen molar-refractivity contribution < 1.29 is 30.2 Å². The second-order valence-electron chi connectivity index (χ2n) is 3.83. The fraction of sp³-hybridized carbons (Fsp3) is 0.400. The van der Waals surface area contributed by atoms with Gasteiger partial charge in [0.2, 0.25) is 10.0 Å². The molecule has 0 radical (unpaired) electrons. The first-order valence-corrected chi connectivity index (χ1v) is 8.50. The van der Waals surface area contributed by atoms with Crippen molar-refractivity contribution in [3.63, 3.8) is 0 Å². The van der Waals surface area contributed by atoms with E-state index in [1.807, 2.05) is 0 Å². The van der Waals surface area contributed by atoms with Crippen LogP contribution in [-0.4, -0.2) is 31.2 Å². The third-order valence-corrected chi connectivity index (χ3v) is 4.58. The van der Waals surface area contributed by atoms with Crippen molar-refractivity contribution in [2.75, 3.05) is 18.6 Å². The first-order valence-electron chi connectivity index (χ1n) is 5.29. The van der Waals surface area contributed by atoms with Crippen LogP contribution in [0.4, 0.5) is 17.6 Å². The average molecular weight is 333 g/mol. The van der Waals surface area contributed by atoms with Gasteiger partial charge in [0.1, 0.15) is 0 Å². The van der Waals surface area contributed by atoms with Crippen LogP contribution in [0.1, 0.15) is 6.42 Å². The van der Waals surface area contributed by atoms with Crippen LogP contribution in [0.25, 0.3) is 0 Å². The molecule has 0 fully saturated rings. The predicted octanol–water partition coefficient (Wildman–Crippen LogP) is 1.29. The van der Waals surface area contributed by atoms with Crippen molar-refractivity contribution in [1.29, 1.82) is 0 Å². The maximum absolute atomic E-state index is 13.3. The minimum Gasteiger partial charge on any atom is -0.260 e. The second-order valence-corrected chi connectivity index (χ2v) is 7.08. The summed E-state index contributed by atoms with van der Waals surface area (Å²) in [5.41, 5.74) is 0. The van der Waals surface area contributed by atoms with Crippen LogP contribution in [0, 0.1) is 23.3 Å². The van der Waals surface area contributed by atoms with Crippen molar-refractivity contribution >= 4 is 20.8 Å². The van der Waals surface area contributed by atoms with Gasteiger partial charge in [0.05, 0.1) is 0 Å². The molecular formula is C10H11F4NO3S2. The monoisotopic (exact) mass is 333 g/mol. The van der Waals surface area contributed by atoms with Crippen molar-refractivity contribution in [1.82, 2.24) is 4.72 Å². The lowest BCUT2D eigenvalue weighted by Gasteiger charge is -2.09. The van der Waals surface area contributed by atoms with Gasteiger partial charge in [-0.25, -0.2) is 30.7 Å². The largest absolute Gasteiger partial charge is 0.260 e. The van der Waals surface area contributed by atoms with E-state index in [0.717, 1.165) is 0 Å². The van der Waals surface area contributed by atoms with Gasteiger partial charge in [-0.3, -0.25) is 4.21 Å². The van der Waals surface area contributed by atoms with Gasteiger partial charge in [0.15, 0.2) is 28.2 Å². The highest BCUT2D eigenvalue weighted by Gasteiger charge is 2.29. The molecule has 0 saturated carbocycles. The number of halogens is 4. The van der Waals surface area contributed by atoms with Gasteiger partial charge in [-0.05, 0) is 6.42 Å². The fourth-order valence-electron chi connectivity index (χ4n) is 1.34. The Balaban J connectivity index is 3.01. The molecule has 1 aromatic rings. The highest BCUT2D eigenvalue weighted by atomic mass is 32.2. The zero-order chi connectivity index (χ0) is 15.5. The average Bonchev–Trinajstić information content (AvgIpc) is 2.32. The molecule has 0 aliphatic rings. The molecule has 1 N–H and O–H groups in total. The molecule has 0 unspecified atom stereocenters. The number of hydrogen-bond acceptors (Lipinski definition) is 3. The molecule has 0 amide bonds. The second kappa shape index (κ2) is 6.64. The van der Waals surface area contributed by atoms with E-state index >= 15 is 0 Å². The number of hydrogen-bond donors (Lipinski definition) is 1. The normalized spacial score (nSPS) is 13.4. The van der Waals surface area contributed by atoms with Gasteiger partial charge in [0, 0.05) is 35.4 Å². The Labute approximate surface area is 115 Å². The zero-order valence-corrected chi connectivity index (χ0v) is 11.9. The molecule has 0 bridgehead atoms. The molecule has 4 nitrogen and oxygen atoms in total. The lowest BCUT2D eigenvalue weighted by Crippen LogP contribution is -2.28. The summed E-state index contributed by atoms with van der Waals surface area (Å²) >= 11 is 0. The highest BCUT2D eigenvalue weighted by Crippen LogP contribution is 2.23. The van der Waals surface area contributed by atoms with Crippen LogP contribution in [0.5, 0.6) is 0 Å². The van der Waals surface area contributed by atoms with Crippen molar-refractivity contribution in [3.05, 3.63) is 29.3 Å². The summed E-state index contributed by atoms with van der Waals surface area (Å²) in [7, 11) is -5.90. The SMILES string of the molecule is C[S@](=O)CCCNS(=O)(=O)c1c(F)c(F)cc(F)c1F. The summed E-state index contributed by atoms with van der Waals surface area (Å²) in [6.45, 7) is -0.265. The minimum absolute atomic E-state index is 0.0794. The topological polar surface area (TPSA) is 63.2 Å². The quantitative estimate of drug-likeness (QED) is 0.485. The van der Waals surface area contributed by atoms with Gasteiger partial charge in [0.25, 0.3) is 0 Å². The predicted molar refractivity (Wildman–Crippen MR) is 65.0 cm³/mol. The van der Waals surface area contributed by atoms with Gasteiger partial charge in [-0.2, -0.15) is 0 Å². The summed E-state index contributed by atoms with van der Waals surface area (Å²) in [4.78, 5) is -1.70. The Bertz CT molecular complexity index is 608. The van der Waals surface area contributed by atoms with Crippen molar-refractivity contribution in [2.24, 2.45) is 0 Å². The molecule has 114 valence electrons. The first-order chi connectivity index (χ1) is 9.16. The molecule has 0 heterocycles. The fourth-order valence-corrected chi connectivity index (χ4v) is 3.12. The van der Waals surface area contributed by atoms with Crippen LogP contribution >= 0.6 is 0 Å². The third-order valence-electron chi connectivity index (χ3n) is 2.24. The van der Waals surface area contributed by atoms with Crippen LogP contribution in [0.15, 0.2) is 11.0 Å². The van der Waals surface area contributed by atoms with E-state index < -0.39 is 49.0 Å². The lowest BCUT2D eigenvalue weighted by atomic mass is 10.3. The van der Waals surface area contributed by atoms with E-state index in [4.69, 9.17) is 0 Å². The minimum atomic E-state index is -4.74. The van der Waals surface area contributed by atoms with Crippen LogP contribution in [0.3, 0.4) is 0 Å². The number of nitrogens with one attached hydrogen (secondary N) is 1. The summed E-state index contributed by atoms with van der Waals surface area (Å²) in [6, 6.07) is -0.0794. The molecule has 0 spiro atoms. The Kier molecular flexibility index (Phi) is 5.66. The Hall–Kier alpha value is -1.00. The maximum Gasteiger partial charge on any atom is 0.246 e. The van der Waals surface area contributed by atoms with E-state index in [-0.39, 0.29) is 24.8 Å². The van der Waals surface area contributed by atoms with E-state index in [9.17, 15) is 30.2 Å². The van der Waals surface area contributed by atoms with Gasteiger partial charge in [-0.15, -0.1) is 0 Å². The summed E-state index contributed by atoms with van der Waals surface area (Å²) in [5, 5.41) is 0. The maximum atomic E-state index is 13.3. The van der Waals surface area contributed by atoms with Crippen molar-refractivity contribution in [3.8, 4) is 0 Å². The Morgan fingerprint density at radius 2 is 1.65 bits per heavy atom. The summed E-state index contributed by atoms with van der Waals surface area (Å²) in [6.07, 6.45) is 1.54. The van der Waals surface area contributed by atoms with Gasteiger partial charge >= 0.3 is 0 Å². The van der Waals surface area contributed by atoms with Crippen LogP contribution in [-0.2, 0) is 20.8 Å². The number of sulfonamides is 1. The van der Waals surface area contributed by atoms with Gasteiger partial charge in [-0.1, -0.05) is 0 Å². The highest BCUT2D eigenvalue weighted by molar-refractivity contribution is 7.89. The summed E-state index contributed by atoms with van der Waals surface area (Å²) < 4.78 is 88.3. The molecule has 10 heteroatoms. The van der Waals surface area contributed by atoms with Crippen molar-refractivity contribution in [2.45, 2.75) is 11.3 Å². The van der Waals surface area contributed by atoms with E-state index in [1.165, 1.54) is 6.26 Å².